The van der Waals surface area contributed by atoms with Gasteiger partial charge >= 0.3 is 0 Å². The van der Waals surface area contributed by atoms with Crippen molar-refractivity contribution < 1.29 is 14.4 Å². The first-order chi connectivity index (χ1) is 11.2. The van der Waals surface area contributed by atoms with Crippen LogP contribution in [0.4, 0.5) is 0 Å². The molecule has 0 unspecified atom stereocenters. The third-order valence-corrected chi connectivity index (χ3v) is 6.31. The van der Waals surface area contributed by atoms with Crippen molar-refractivity contribution in [1.29, 1.82) is 0 Å². The molecule has 6 heteroatoms. The van der Waals surface area contributed by atoms with Crippen LogP contribution in [-0.4, -0.2) is 23.8 Å². The van der Waals surface area contributed by atoms with Gasteiger partial charge in [-0.15, -0.1) is 11.3 Å². The molecule has 5 nitrogen and oxygen atoms in total. The molecule has 2 atom stereocenters. The Bertz CT molecular complexity index is 687. The van der Waals surface area contributed by atoms with Gasteiger partial charge in [0.05, 0.1) is 4.88 Å². The summed E-state index contributed by atoms with van der Waals surface area (Å²) in [6.45, 7) is 6.81. The lowest BCUT2D eigenvalue weighted by Gasteiger charge is -2.33. The number of aryl methyl sites for hydroxylation is 1. The first kappa shape index (κ1) is 17.1. The van der Waals surface area contributed by atoms with E-state index >= 15 is 0 Å². The van der Waals surface area contributed by atoms with Gasteiger partial charge in [-0.2, -0.15) is 0 Å². The van der Waals surface area contributed by atoms with Crippen LogP contribution >= 0.6 is 11.3 Å². The third kappa shape index (κ3) is 3.53. The van der Waals surface area contributed by atoms with Crippen molar-refractivity contribution in [1.82, 2.24) is 10.6 Å². The number of thiophene rings is 1. The summed E-state index contributed by atoms with van der Waals surface area (Å²) < 4.78 is 0. The Morgan fingerprint density at radius 3 is 2.67 bits per heavy atom. The molecule has 0 aromatic carbocycles. The van der Waals surface area contributed by atoms with E-state index in [1.165, 1.54) is 21.8 Å². The topological polar surface area (TPSA) is 75.3 Å². The van der Waals surface area contributed by atoms with Crippen LogP contribution in [0.1, 0.15) is 60.1 Å². The van der Waals surface area contributed by atoms with Gasteiger partial charge in [0.25, 0.3) is 5.91 Å². The highest BCUT2D eigenvalue weighted by atomic mass is 32.1. The molecule has 2 aliphatic rings. The van der Waals surface area contributed by atoms with Gasteiger partial charge in [0, 0.05) is 11.3 Å². The maximum atomic E-state index is 12.5. The molecule has 0 bridgehead atoms. The monoisotopic (exact) mass is 348 g/mol. The summed E-state index contributed by atoms with van der Waals surface area (Å²) >= 11 is 1.54. The van der Waals surface area contributed by atoms with Crippen molar-refractivity contribution in [2.75, 3.05) is 0 Å². The van der Waals surface area contributed by atoms with Crippen molar-refractivity contribution in [3.63, 3.8) is 0 Å². The van der Waals surface area contributed by atoms with Gasteiger partial charge in [-0.1, -0.05) is 20.8 Å². The predicted molar refractivity (Wildman–Crippen MR) is 92.9 cm³/mol. The highest BCUT2D eigenvalue weighted by Gasteiger charge is 2.32. The Hall–Kier alpha value is -1.69. The molecular weight excluding hydrogens is 324 g/mol. The minimum Gasteiger partial charge on any atom is -0.340 e. The molecule has 3 rings (SSSR count). The lowest BCUT2D eigenvalue weighted by atomic mass is 9.72. The van der Waals surface area contributed by atoms with E-state index < -0.39 is 11.9 Å². The lowest BCUT2D eigenvalue weighted by molar-refractivity contribution is -0.134. The van der Waals surface area contributed by atoms with Gasteiger partial charge in [0.2, 0.25) is 11.8 Å². The Morgan fingerprint density at radius 2 is 2.00 bits per heavy atom. The SMILES string of the molecule is CC(C)(C)[C@H]1CCc2sc(C(=O)N[C@H]3CCC(=O)NC3=O)cc2C1. The molecule has 130 valence electrons. The number of amides is 3. The van der Waals surface area contributed by atoms with Gasteiger partial charge in [0.1, 0.15) is 6.04 Å². The van der Waals surface area contributed by atoms with Crippen LogP contribution in [-0.2, 0) is 22.4 Å². The molecule has 1 aliphatic heterocycles. The van der Waals surface area contributed by atoms with Gasteiger partial charge in [-0.05, 0) is 48.6 Å². The average Bonchev–Trinajstić information content (AvgIpc) is 2.92. The van der Waals surface area contributed by atoms with Crippen LogP contribution in [0.3, 0.4) is 0 Å². The van der Waals surface area contributed by atoms with Crippen LogP contribution < -0.4 is 10.6 Å². The predicted octanol–water partition coefficient (Wildman–Crippen LogP) is 2.43. The number of hydrogen-bond donors (Lipinski definition) is 2. The zero-order valence-corrected chi connectivity index (χ0v) is 15.2. The maximum Gasteiger partial charge on any atom is 0.262 e. The number of imide groups is 1. The number of piperidine rings is 1. The molecule has 1 aromatic heterocycles. The van der Waals surface area contributed by atoms with E-state index in [9.17, 15) is 14.4 Å². The Labute approximate surface area is 146 Å². The average molecular weight is 348 g/mol. The Balaban J connectivity index is 1.68. The van der Waals surface area contributed by atoms with Crippen LogP contribution in [0.15, 0.2) is 6.07 Å². The number of rotatable bonds is 2. The van der Waals surface area contributed by atoms with Crippen molar-refractivity contribution in [3.05, 3.63) is 21.4 Å². The molecule has 1 saturated heterocycles. The fraction of sp³-hybridized carbons (Fsp3) is 0.611. The van der Waals surface area contributed by atoms with Crippen LogP contribution in [0, 0.1) is 11.3 Å². The Kier molecular flexibility index (Phi) is 4.51. The Morgan fingerprint density at radius 1 is 1.25 bits per heavy atom. The maximum absolute atomic E-state index is 12.5. The van der Waals surface area contributed by atoms with Gasteiger partial charge < -0.3 is 5.32 Å². The van der Waals surface area contributed by atoms with Crippen LogP contribution in [0.5, 0.6) is 0 Å². The molecule has 1 fully saturated rings. The number of nitrogens with one attached hydrogen (secondary N) is 2. The molecule has 2 heterocycles. The second-order valence-electron chi connectivity index (χ2n) is 7.84. The number of fused-ring (bicyclic) bond motifs is 1. The first-order valence-electron chi connectivity index (χ1n) is 8.50. The standard InChI is InChI=1S/C18H24N2O3S/c1-18(2,3)11-4-6-13-10(8-11)9-14(24-13)17(23)19-12-5-7-15(21)20-16(12)22/h9,11-12H,4-8H2,1-3H3,(H,19,23)(H,20,21,22)/t11-,12-/m0/s1. The van der Waals surface area contributed by atoms with Crippen molar-refractivity contribution >= 4 is 29.1 Å². The highest BCUT2D eigenvalue weighted by molar-refractivity contribution is 7.14. The highest BCUT2D eigenvalue weighted by Crippen LogP contribution is 2.40. The second-order valence-corrected chi connectivity index (χ2v) is 8.98. The number of carbonyl (C=O) groups is 3. The first-order valence-corrected chi connectivity index (χ1v) is 9.32. The normalized spacial score (nSPS) is 24.3. The summed E-state index contributed by atoms with van der Waals surface area (Å²) in [5, 5.41) is 5.03. The summed E-state index contributed by atoms with van der Waals surface area (Å²) in [5.74, 6) is -0.263. The number of carbonyl (C=O) groups excluding carboxylic acids is 3. The van der Waals surface area contributed by atoms with E-state index in [1.54, 1.807) is 0 Å². The summed E-state index contributed by atoms with van der Waals surface area (Å²) in [4.78, 5) is 37.4. The minimum atomic E-state index is -0.614. The summed E-state index contributed by atoms with van der Waals surface area (Å²) in [6, 6.07) is 1.37. The molecule has 1 aromatic rings. The molecule has 0 spiro atoms. The van der Waals surface area contributed by atoms with E-state index in [0.29, 0.717) is 17.2 Å². The lowest BCUT2D eigenvalue weighted by Crippen LogP contribution is -2.52. The molecule has 3 amide bonds. The van der Waals surface area contributed by atoms with Gasteiger partial charge in [-0.25, -0.2) is 0 Å². The quantitative estimate of drug-likeness (QED) is 0.806. The number of hydrogen-bond acceptors (Lipinski definition) is 4. The van der Waals surface area contributed by atoms with Gasteiger partial charge in [0.15, 0.2) is 0 Å². The third-order valence-electron chi connectivity index (χ3n) is 5.08. The summed E-state index contributed by atoms with van der Waals surface area (Å²) in [7, 11) is 0. The summed E-state index contributed by atoms with van der Waals surface area (Å²) in [6.07, 6.45) is 3.83. The molecule has 0 radical (unpaired) electrons. The molecule has 24 heavy (non-hydrogen) atoms. The zero-order chi connectivity index (χ0) is 17.5. The summed E-state index contributed by atoms with van der Waals surface area (Å²) in [5.41, 5.74) is 1.55. The fourth-order valence-electron chi connectivity index (χ4n) is 3.44. The van der Waals surface area contributed by atoms with E-state index in [1.807, 2.05) is 6.07 Å². The van der Waals surface area contributed by atoms with E-state index in [2.05, 4.69) is 31.4 Å². The van der Waals surface area contributed by atoms with Crippen LogP contribution in [0.2, 0.25) is 0 Å². The zero-order valence-electron chi connectivity index (χ0n) is 14.4. The molecule has 2 N–H and O–H groups in total. The van der Waals surface area contributed by atoms with E-state index in [4.69, 9.17) is 0 Å². The van der Waals surface area contributed by atoms with Gasteiger partial charge in [-0.3, -0.25) is 19.7 Å². The van der Waals surface area contributed by atoms with E-state index in [-0.39, 0.29) is 23.7 Å². The van der Waals surface area contributed by atoms with Crippen molar-refractivity contribution in [3.8, 4) is 0 Å². The minimum absolute atomic E-state index is 0.212. The fourth-order valence-corrected chi connectivity index (χ4v) is 4.55. The molecule has 1 aliphatic carbocycles. The largest absolute Gasteiger partial charge is 0.340 e. The van der Waals surface area contributed by atoms with E-state index in [0.717, 1.165) is 19.3 Å². The molecular formula is C18H24N2O3S. The molecule has 0 saturated carbocycles. The van der Waals surface area contributed by atoms with Crippen LogP contribution in [0.25, 0.3) is 0 Å². The second kappa shape index (κ2) is 6.31. The van der Waals surface area contributed by atoms with Crippen molar-refractivity contribution in [2.45, 2.75) is 58.9 Å². The smallest absolute Gasteiger partial charge is 0.262 e. The van der Waals surface area contributed by atoms with Crippen molar-refractivity contribution in [2.24, 2.45) is 11.3 Å².